The Balaban J connectivity index is 0.00000529. The third-order valence-electron chi connectivity index (χ3n) is 5.15. The highest BCUT2D eigenvalue weighted by atomic mass is 35.5. The molecular weight excluding hydrogens is 316 g/mol. The molecule has 0 aliphatic carbocycles. The SMILES string of the molecule is CCCCCCCCCCCCCCCCn1cc[n+](C)c1C.[Cl-]. The highest BCUT2D eigenvalue weighted by Crippen LogP contribution is 2.13. The maximum atomic E-state index is 2.38. The molecule has 142 valence electrons. The van der Waals surface area contributed by atoms with E-state index in [1.54, 1.807) is 0 Å². The van der Waals surface area contributed by atoms with Gasteiger partial charge in [-0.3, -0.25) is 0 Å². The van der Waals surface area contributed by atoms with Gasteiger partial charge in [-0.25, -0.2) is 9.13 Å². The summed E-state index contributed by atoms with van der Waals surface area (Å²) in [6.45, 7) is 5.68. The first-order valence-corrected chi connectivity index (χ1v) is 10.3. The van der Waals surface area contributed by atoms with Crippen molar-refractivity contribution >= 4 is 0 Å². The van der Waals surface area contributed by atoms with Gasteiger partial charge in [0.05, 0.1) is 13.6 Å². The highest BCUT2D eigenvalue weighted by Gasteiger charge is 2.07. The molecule has 0 saturated carbocycles. The zero-order valence-electron chi connectivity index (χ0n) is 16.5. The maximum Gasteiger partial charge on any atom is 0.253 e. The molecule has 0 aromatic carbocycles. The van der Waals surface area contributed by atoms with Crippen molar-refractivity contribution in [2.45, 2.75) is 110 Å². The van der Waals surface area contributed by atoms with Gasteiger partial charge < -0.3 is 12.4 Å². The van der Waals surface area contributed by atoms with E-state index in [9.17, 15) is 0 Å². The van der Waals surface area contributed by atoms with Crippen LogP contribution >= 0.6 is 0 Å². The van der Waals surface area contributed by atoms with Crippen molar-refractivity contribution in [2.24, 2.45) is 7.05 Å². The van der Waals surface area contributed by atoms with Crippen LogP contribution in [0.4, 0.5) is 0 Å². The third kappa shape index (κ3) is 11.1. The molecule has 0 unspecified atom stereocenters. The fraction of sp³-hybridized carbons (Fsp3) is 0.857. The molecule has 0 bridgehead atoms. The molecule has 0 spiro atoms. The van der Waals surface area contributed by atoms with Crippen LogP contribution in [-0.2, 0) is 13.6 Å². The molecule has 0 amide bonds. The van der Waals surface area contributed by atoms with Crippen LogP contribution in [-0.4, -0.2) is 4.57 Å². The first-order chi connectivity index (χ1) is 11.3. The molecule has 1 aromatic heterocycles. The Morgan fingerprint density at radius 3 is 1.54 bits per heavy atom. The lowest BCUT2D eigenvalue weighted by Crippen LogP contribution is -3.00. The first kappa shape index (κ1) is 23.5. The summed E-state index contributed by atoms with van der Waals surface area (Å²) in [4.78, 5) is 0. The Hall–Kier alpha value is -0.500. The quantitative estimate of drug-likeness (QED) is 0.337. The Morgan fingerprint density at radius 1 is 0.750 bits per heavy atom. The number of nitrogens with zero attached hydrogens (tertiary/aromatic N) is 2. The fourth-order valence-corrected chi connectivity index (χ4v) is 3.31. The van der Waals surface area contributed by atoms with Gasteiger partial charge in [-0.2, -0.15) is 0 Å². The highest BCUT2D eigenvalue weighted by molar-refractivity contribution is 4.78. The van der Waals surface area contributed by atoms with E-state index in [4.69, 9.17) is 0 Å². The Kier molecular flexibility index (Phi) is 15.7. The molecule has 0 aliphatic rings. The Labute approximate surface area is 157 Å². The summed E-state index contributed by atoms with van der Waals surface area (Å²) in [6, 6.07) is 0. The van der Waals surface area contributed by atoms with Crippen molar-refractivity contribution in [3.63, 3.8) is 0 Å². The van der Waals surface area contributed by atoms with E-state index in [1.807, 2.05) is 0 Å². The van der Waals surface area contributed by atoms with E-state index in [-0.39, 0.29) is 12.4 Å². The lowest BCUT2D eigenvalue weighted by atomic mass is 10.0. The Morgan fingerprint density at radius 2 is 1.17 bits per heavy atom. The molecule has 1 heterocycles. The van der Waals surface area contributed by atoms with E-state index in [1.165, 1.54) is 102 Å². The van der Waals surface area contributed by atoms with E-state index in [0.29, 0.717) is 0 Å². The molecule has 0 saturated heterocycles. The molecule has 1 rings (SSSR count). The minimum Gasteiger partial charge on any atom is -1.00 e. The fourth-order valence-electron chi connectivity index (χ4n) is 3.31. The monoisotopic (exact) mass is 356 g/mol. The summed E-state index contributed by atoms with van der Waals surface area (Å²) in [6.07, 6.45) is 24.4. The zero-order chi connectivity index (χ0) is 16.8. The second-order valence-electron chi connectivity index (χ2n) is 7.25. The number of hydrogen-bond acceptors (Lipinski definition) is 0. The van der Waals surface area contributed by atoms with Crippen molar-refractivity contribution in [1.82, 2.24) is 4.57 Å². The smallest absolute Gasteiger partial charge is 0.253 e. The number of aromatic nitrogens is 2. The molecule has 24 heavy (non-hydrogen) atoms. The number of imidazole rings is 1. The van der Waals surface area contributed by atoms with Crippen molar-refractivity contribution in [3.8, 4) is 0 Å². The Bertz CT molecular complexity index is 387. The molecule has 1 aromatic rings. The molecule has 0 N–H and O–H groups in total. The second kappa shape index (κ2) is 16.0. The van der Waals surface area contributed by atoms with Crippen LogP contribution in [0.3, 0.4) is 0 Å². The molecular formula is C21H41ClN2. The minimum atomic E-state index is 0. The summed E-state index contributed by atoms with van der Waals surface area (Å²) in [5, 5.41) is 0. The summed E-state index contributed by atoms with van der Waals surface area (Å²) in [7, 11) is 2.12. The number of unbranched alkanes of at least 4 members (excludes halogenated alkanes) is 13. The van der Waals surface area contributed by atoms with Gasteiger partial charge in [0.15, 0.2) is 0 Å². The van der Waals surface area contributed by atoms with Gasteiger partial charge in [-0.1, -0.05) is 84.0 Å². The average molecular weight is 357 g/mol. The molecule has 0 radical (unpaired) electrons. The zero-order valence-corrected chi connectivity index (χ0v) is 17.3. The number of hydrogen-bond donors (Lipinski definition) is 0. The lowest BCUT2D eigenvalue weighted by Gasteiger charge is -2.03. The summed E-state index contributed by atoms with van der Waals surface area (Å²) in [5.41, 5.74) is 0. The molecule has 0 fully saturated rings. The van der Waals surface area contributed by atoms with Crippen LogP contribution in [0.2, 0.25) is 0 Å². The van der Waals surface area contributed by atoms with Gasteiger partial charge in [0.1, 0.15) is 12.4 Å². The first-order valence-electron chi connectivity index (χ1n) is 10.3. The predicted molar refractivity (Wildman–Crippen MR) is 101 cm³/mol. The maximum absolute atomic E-state index is 2.38. The van der Waals surface area contributed by atoms with Crippen LogP contribution in [0.1, 0.15) is 103 Å². The molecule has 0 aliphatic heterocycles. The normalized spacial score (nSPS) is 10.8. The van der Waals surface area contributed by atoms with Gasteiger partial charge in [0.2, 0.25) is 0 Å². The van der Waals surface area contributed by atoms with Gasteiger partial charge in [0.25, 0.3) is 5.82 Å². The van der Waals surface area contributed by atoms with E-state index >= 15 is 0 Å². The summed E-state index contributed by atoms with van der Waals surface area (Å²) < 4.78 is 4.57. The standard InChI is InChI=1S/C21H41N2.ClH/c1-4-5-6-7-8-9-10-11-12-13-14-15-16-17-18-23-20-19-22(3)21(23)2;/h19-20H,4-18H2,1-3H3;1H/q+1;/p-1. The van der Waals surface area contributed by atoms with Crippen molar-refractivity contribution in [3.05, 3.63) is 18.2 Å². The number of halogens is 1. The lowest BCUT2D eigenvalue weighted by molar-refractivity contribution is -0.677. The largest absolute Gasteiger partial charge is 1.00 e. The minimum absolute atomic E-state index is 0. The third-order valence-corrected chi connectivity index (χ3v) is 5.15. The van der Waals surface area contributed by atoms with Crippen LogP contribution in [0, 0.1) is 6.92 Å². The number of aryl methyl sites for hydroxylation is 2. The van der Waals surface area contributed by atoms with Gasteiger partial charge in [0, 0.05) is 6.92 Å². The average Bonchev–Trinajstić information content (AvgIpc) is 2.87. The van der Waals surface area contributed by atoms with Gasteiger partial charge in [-0.15, -0.1) is 0 Å². The van der Waals surface area contributed by atoms with E-state index < -0.39 is 0 Å². The molecule has 2 nitrogen and oxygen atoms in total. The second-order valence-corrected chi connectivity index (χ2v) is 7.25. The topological polar surface area (TPSA) is 8.81 Å². The van der Waals surface area contributed by atoms with Gasteiger partial charge in [-0.05, 0) is 12.8 Å². The van der Waals surface area contributed by atoms with Crippen LogP contribution in [0.15, 0.2) is 12.4 Å². The van der Waals surface area contributed by atoms with Crippen LogP contribution < -0.4 is 17.0 Å². The van der Waals surface area contributed by atoms with E-state index in [2.05, 4.69) is 42.4 Å². The summed E-state index contributed by atoms with van der Waals surface area (Å²) >= 11 is 0. The molecule has 3 heteroatoms. The van der Waals surface area contributed by atoms with Crippen molar-refractivity contribution < 1.29 is 17.0 Å². The van der Waals surface area contributed by atoms with E-state index in [0.717, 1.165) is 0 Å². The molecule has 0 atom stereocenters. The summed E-state index contributed by atoms with van der Waals surface area (Å²) in [5.74, 6) is 1.36. The van der Waals surface area contributed by atoms with Gasteiger partial charge >= 0.3 is 0 Å². The number of rotatable bonds is 15. The van der Waals surface area contributed by atoms with Crippen molar-refractivity contribution in [1.29, 1.82) is 0 Å². The van der Waals surface area contributed by atoms with Crippen molar-refractivity contribution in [2.75, 3.05) is 0 Å². The van der Waals surface area contributed by atoms with Crippen LogP contribution in [0.5, 0.6) is 0 Å². The predicted octanol–water partition coefficient (Wildman–Crippen LogP) is 3.11. The van der Waals surface area contributed by atoms with Crippen LogP contribution in [0.25, 0.3) is 0 Å².